The van der Waals surface area contributed by atoms with Crippen molar-refractivity contribution in [3.8, 4) is 0 Å². The summed E-state index contributed by atoms with van der Waals surface area (Å²) in [6.45, 7) is 0. The molecule has 3 N–H and O–H groups in total. The lowest BCUT2D eigenvalue weighted by Crippen LogP contribution is -2.10. The number of hydrogen-bond acceptors (Lipinski definition) is 4. The molecule has 1 atom stereocenters. The van der Waals surface area contributed by atoms with Crippen LogP contribution in [-0.4, -0.2) is 9.97 Å². The molecule has 0 amide bonds. The molecule has 1 aromatic rings. The lowest BCUT2D eigenvalue weighted by atomic mass is 9.90. The van der Waals surface area contributed by atoms with Crippen LogP contribution < -0.4 is 11.1 Å². The molecule has 3 rings (SSSR count). The Morgan fingerprint density at radius 1 is 1.47 bits per heavy atom. The topological polar surface area (TPSA) is 63.8 Å². The molecular weight excluding hydrogens is 236 g/mol. The van der Waals surface area contributed by atoms with E-state index in [0.29, 0.717) is 10.9 Å². The van der Waals surface area contributed by atoms with E-state index in [1.54, 1.807) is 6.20 Å². The highest BCUT2D eigenvalue weighted by atomic mass is 35.5. The molecule has 0 saturated carbocycles. The van der Waals surface area contributed by atoms with Crippen molar-refractivity contribution in [3.05, 3.63) is 47.0 Å². The van der Waals surface area contributed by atoms with Gasteiger partial charge in [-0.2, -0.15) is 0 Å². The van der Waals surface area contributed by atoms with Crippen molar-refractivity contribution < 1.29 is 0 Å². The standard InChI is InChI=1S/C12H11ClN4/c13-9-6-16-12(14)17-11(9)8-5-15-10-4-2-1-3-7(8)10/h1-2,4-7,15H,3H2,(H2,14,16,17). The summed E-state index contributed by atoms with van der Waals surface area (Å²) in [7, 11) is 0. The van der Waals surface area contributed by atoms with Crippen LogP contribution in [0, 0.1) is 5.92 Å². The molecule has 2 heterocycles. The number of rotatable bonds is 1. The second-order valence-electron chi connectivity index (χ2n) is 4.01. The highest BCUT2D eigenvalue weighted by Gasteiger charge is 2.27. The number of nitrogen functional groups attached to an aromatic ring is 1. The number of halogens is 1. The molecule has 2 aliphatic rings. The van der Waals surface area contributed by atoms with Gasteiger partial charge in [0.1, 0.15) is 0 Å². The van der Waals surface area contributed by atoms with Gasteiger partial charge < -0.3 is 11.1 Å². The first kappa shape index (κ1) is 10.4. The van der Waals surface area contributed by atoms with Crippen LogP contribution in [0.3, 0.4) is 0 Å². The highest BCUT2D eigenvalue weighted by Crippen LogP contribution is 2.38. The van der Waals surface area contributed by atoms with Crippen LogP contribution in [0.5, 0.6) is 0 Å². The van der Waals surface area contributed by atoms with Crippen LogP contribution in [0.15, 0.2) is 36.3 Å². The monoisotopic (exact) mass is 246 g/mol. The molecule has 1 aromatic heterocycles. The van der Waals surface area contributed by atoms with Crippen LogP contribution in [0.1, 0.15) is 12.1 Å². The number of anilines is 1. The fourth-order valence-corrected chi connectivity index (χ4v) is 2.35. The number of aromatic nitrogens is 2. The minimum Gasteiger partial charge on any atom is -0.368 e. The first-order valence-corrected chi connectivity index (χ1v) is 5.75. The van der Waals surface area contributed by atoms with Crippen LogP contribution in [-0.2, 0) is 0 Å². The Morgan fingerprint density at radius 3 is 3.24 bits per heavy atom. The third kappa shape index (κ3) is 1.70. The summed E-state index contributed by atoms with van der Waals surface area (Å²) in [5.41, 5.74) is 8.57. The fourth-order valence-electron chi connectivity index (χ4n) is 2.15. The van der Waals surface area contributed by atoms with Gasteiger partial charge in [0, 0.05) is 23.4 Å². The van der Waals surface area contributed by atoms with Gasteiger partial charge in [0.25, 0.3) is 0 Å². The summed E-state index contributed by atoms with van der Waals surface area (Å²) in [6.07, 6.45) is 10.7. The average Bonchev–Trinajstić information content (AvgIpc) is 2.76. The van der Waals surface area contributed by atoms with E-state index in [4.69, 9.17) is 17.3 Å². The highest BCUT2D eigenvalue weighted by molar-refractivity contribution is 6.32. The van der Waals surface area contributed by atoms with Crippen molar-refractivity contribution in [2.24, 2.45) is 5.92 Å². The number of hydrogen-bond donors (Lipinski definition) is 2. The van der Waals surface area contributed by atoms with Gasteiger partial charge in [-0.15, -0.1) is 0 Å². The summed E-state index contributed by atoms with van der Waals surface area (Å²) in [5.74, 6) is 0.542. The van der Waals surface area contributed by atoms with Crippen molar-refractivity contribution in [2.75, 3.05) is 5.73 Å². The second-order valence-corrected chi connectivity index (χ2v) is 4.41. The van der Waals surface area contributed by atoms with E-state index < -0.39 is 0 Å². The smallest absolute Gasteiger partial charge is 0.220 e. The summed E-state index contributed by atoms with van der Waals surface area (Å²) in [6, 6.07) is 0. The zero-order valence-corrected chi connectivity index (χ0v) is 9.78. The minimum absolute atomic E-state index is 0.245. The zero-order valence-electron chi connectivity index (χ0n) is 9.02. The zero-order chi connectivity index (χ0) is 11.8. The molecule has 0 bridgehead atoms. The van der Waals surface area contributed by atoms with Crippen molar-refractivity contribution in [1.82, 2.24) is 15.3 Å². The third-order valence-corrected chi connectivity index (χ3v) is 3.24. The molecule has 0 fully saturated rings. The van der Waals surface area contributed by atoms with Gasteiger partial charge in [0.2, 0.25) is 5.95 Å². The van der Waals surface area contributed by atoms with Crippen molar-refractivity contribution in [3.63, 3.8) is 0 Å². The van der Waals surface area contributed by atoms with Crippen molar-refractivity contribution in [1.29, 1.82) is 0 Å². The van der Waals surface area contributed by atoms with Crippen LogP contribution >= 0.6 is 11.6 Å². The third-order valence-electron chi connectivity index (χ3n) is 2.96. The van der Waals surface area contributed by atoms with E-state index in [1.165, 1.54) is 5.70 Å². The Hall–Kier alpha value is -1.81. The maximum absolute atomic E-state index is 6.12. The molecule has 0 aromatic carbocycles. The number of nitrogens with two attached hydrogens (primary N) is 1. The van der Waals surface area contributed by atoms with Crippen molar-refractivity contribution >= 4 is 23.1 Å². The summed E-state index contributed by atoms with van der Waals surface area (Å²) >= 11 is 6.12. The average molecular weight is 247 g/mol. The van der Waals surface area contributed by atoms with E-state index in [0.717, 1.165) is 17.7 Å². The molecule has 1 unspecified atom stereocenters. The number of nitrogens with zero attached hydrogens (tertiary/aromatic N) is 2. The molecule has 0 spiro atoms. The molecule has 1 aliphatic heterocycles. The Bertz CT molecular complexity index is 560. The van der Waals surface area contributed by atoms with Crippen LogP contribution in [0.2, 0.25) is 5.02 Å². The van der Waals surface area contributed by atoms with Gasteiger partial charge in [-0.25, -0.2) is 9.97 Å². The largest absolute Gasteiger partial charge is 0.368 e. The molecule has 0 saturated heterocycles. The predicted octanol–water partition coefficient (Wildman–Crippen LogP) is 2.12. The lowest BCUT2D eigenvalue weighted by Gasteiger charge is -2.17. The van der Waals surface area contributed by atoms with E-state index in [1.807, 2.05) is 12.3 Å². The first-order valence-electron chi connectivity index (χ1n) is 5.37. The van der Waals surface area contributed by atoms with Gasteiger partial charge in [-0.1, -0.05) is 23.8 Å². The van der Waals surface area contributed by atoms with Gasteiger partial charge in [0.05, 0.1) is 16.9 Å². The Kier molecular flexibility index (Phi) is 2.37. The van der Waals surface area contributed by atoms with E-state index in [9.17, 15) is 0 Å². The lowest BCUT2D eigenvalue weighted by molar-refractivity contribution is 0.766. The molecule has 17 heavy (non-hydrogen) atoms. The van der Waals surface area contributed by atoms with Gasteiger partial charge in [-0.3, -0.25) is 0 Å². The number of nitrogens with one attached hydrogen (secondary N) is 1. The fraction of sp³-hybridized carbons (Fsp3) is 0.167. The molecule has 5 heteroatoms. The summed E-state index contributed by atoms with van der Waals surface area (Å²) in [4.78, 5) is 8.09. The predicted molar refractivity (Wildman–Crippen MR) is 67.9 cm³/mol. The normalized spacial score (nSPS) is 21.6. The second kappa shape index (κ2) is 3.89. The minimum atomic E-state index is 0.245. The quantitative estimate of drug-likeness (QED) is 0.797. The van der Waals surface area contributed by atoms with E-state index >= 15 is 0 Å². The van der Waals surface area contributed by atoms with Gasteiger partial charge >= 0.3 is 0 Å². The maximum atomic E-state index is 6.12. The maximum Gasteiger partial charge on any atom is 0.220 e. The Morgan fingerprint density at radius 2 is 2.35 bits per heavy atom. The molecular formula is C12H11ClN4. The number of allylic oxidation sites excluding steroid dienone is 4. The van der Waals surface area contributed by atoms with E-state index in [2.05, 4.69) is 27.4 Å². The summed E-state index contributed by atoms with van der Waals surface area (Å²) in [5, 5.41) is 3.77. The SMILES string of the molecule is Nc1ncc(Cl)c(C2=CNC3=CC=CCC32)n1. The Labute approximate surface area is 104 Å². The van der Waals surface area contributed by atoms with Gasteiger partial charge in [-0.05, 0) is 12.5 Å². The number of fused-ring (bicyclic) bond motifs is 1. The van der Waals surface area contributed by atoms with E-state index in [-0.39, 0.29) is 5.95 Å². The van der Waals surface area contributed by atoms with Crippen LogP contribution in [0.25, 0.3) is 5.57 Å². The molecule has 0 radical (unpaired) electrons. The first-order chi connectivity index (χ1) is 8.25. The summed E-state index contributed by atoms with van der Waals surface area (Å²) < 4.78 is 0. The molecule has 86 valence electrons. The van der Waals surface area contributed by atoms with Crippen LogP contribution in [0.4, 0.5) is 5.95 Å². The Balaban J connectivity index is 2.03. The molecule has 4 nitrogen and oxygen atoms in total. The van der Waals surface area contributed by atoms with Gasteiger partial charge in [0.15, 0.2) is 0 Å². The molecule has 1 aliphatic carbocycles. The van der Waals surface area contributed by atoms with Crippen molar-refractivity contribution in [2.45, 2.75) is 6.42 Å².